The third kappa shape index (κ3) is 3.40. The number of nitrogen functional groups attached to an aromatic ring is 1. The van der Waals surface area contributed by atoms with Gasteiger partial charge in [0.25, 0.3) is 5.91 Å². The van der Waals surface area contributed by atoms with E-state index < -0.39 is 0 Å². The average molecular weight is 292 g/mol. The van der Waals surface area contributed by atoms with Crippen LogP contribution in [0.2, 0.25) is 0 Å². The van der Waals surface area contributed by atoms with E-state index >= 15 is 0 Å². The summed E-state index contributed by atoms with van der Waals surface area (Å²) in [5, 5.41) is 3.05. The molecule has 1 unspecified atom stereocenters. The number of methoxy groups -OCH3 is 2. The van der Waals surface area contributed by atoms with Gasteiger partial charge in [0.05, 0.1) is 19.8 Å². The molecule has 0 aromatic heterocycles. The summed E-state index contributed by atoms with van der Waals surface area (Å²) in [4.78, 5) is 12.4. The normalized spacial score (nSPS) is 16.5. The summed E-state index contributed by atoms with van der Waals surface area (Å²) in [7, 11) is 3.08. The van der Waals surface area contributed by atoms with Crippen molar-refractivity contribution in [3.8, 4) is 11.5 Å². The Hall–Kier alpha value is -1.91. The van der Waals surface area contributed by atoms with Crippen molar-refractivity contribution in [2.24, 2.45) is 5.92 Å². The maximum atomic E-state index is 12.4. The SMILES string of the molecule is COc1cc(N)c(C(=O)NC(C)C2CCCC2)cc1OC. The van der Waals surface area contributed by atoms with Crippen LogP contribution in [-0.2, 0) is 0 Å². The lowest BCUT2D eigenvalue weighted by Crippen LogP contribution is -2.37. The molecule has 1 atom stereocenters. The van der Waals surface area contributed by atoms with Crippen LogP contribution in [-0.4, -0.2) is 26.2 Å². The zero-order valence-electron chi connectivity index (χ0n) is 12.9. The Morgan fingerprint density at radius 3 is 2.38 bits per heavy atom. The zero-order chi connectivity index (χ0) is 15.4. The molecule has 21 heavy (non-hydrogen) atoms. The van der Waals surface area contributed by atoms with Gasteiger partial charge in [-0.05, 0) is 31.7 Å². The lowest BCUT2D eigenvalue weighted by atomic mass is 9.99. The first-order chi connectivity index (χ1) is 10.1. The van der Waals surface area contributed by atoms with Gasteiger partial charge in [-0.2, -0.15) is 0 Å². The molecule has 5 nitrogen and oxygen atoms in total. The van der Waals surface area contributed by atoms with Gasteiger partial charge >= 0.3 is 0 Å². The van der Waals surface area contributed by atoms with Crippen molar-refractivity contribution < 1.29 is 14.3 Å². The van der Waals surface area contributed by atoms with Crippen LogP contribution in [0.25, 0.3) is 0 Å². The Kier molecular flexibility index (Phi) is 4.94. The summed E-state index contributed by atoms with van der Waals surface area (Å²) in [6.07, 6.45) is 4.87. The van der Waals surface area contributed by atoms with Crippen molar-refractivity contribution in [3.05, 3.63) is 17.7 Å². The Bertz CT molecular complexity index is 510. The first-order valence-corrected chi connectivity index (χ1v) is 7.39. The minimum absolute atomic E-state index is 0.159. The molecule has 1 fully saturated rings. The third-order valence-electron chi connectivity index (χ3n) is 4.27. The minimum atomic E-state index is -0.159. The summed E-state index contributed by atoms with van der Waals surface area (Å²) in [6.45, 7) is 2.06. The Labute approximate surface area is 125 Å². The van der Waals surface area contributed by atoms with E-state index in [9.17, 15) is 4.79 Å². The van der Waals surface area contributed by atoms with Gasteiger partial charge in [0, 0.05) is 17.8 Å². The number of carbonyl (C=O) groups excluding carboxylic acids is 1. The summed E-state index contributed by atoms with van der Waals surface area (Å²) < 4.78 is 10.4. The van der Waals surface area contributed by atoms with E-state index in [0.29, 0.717) is 28.7 Å². The molecule has 0 saturated heterocycles. The molecule has 0 aliphatic heterocycles. The molecule has 3 N–H and O–H groups in total. The van der Waals surface area contributed by atoms with Gasteiger partial charge in [-0.3, -0.25) is 4.79 Å². The molecular weight excluding hydrogens is 268 g/mol. The van der Waals surface area contributed by atoms with Gasteiger partial charge < -0.3 is 20.5 Å². The number of carbonyl (C=O) groups is 1. The van der Waals surface area contributed by atoms with Crippen molar-refractivity contribution in [2.75, 3.05) is 20.0 Å². The molecular formula is C16H24N2O3. The van der Waals surface area contributed by atoms with Crippen LogP contribution in [0.5, 0.6) is 11.5 Å². The second kappa shape index (κ2) is 6.70. The minimum Gasteiger partial charge on any atom is -0.493 e. The van der Waals surface area contributed by atoms with Crippen molar-refractivity contribution in [1.29, 1.82) is 0 Å². The van der Waals surface area contributed by atoms with Gasteiger partial charge in [-0.25, -0.2) is 0 Å². The molecule has 1 aliphatic carbocycles. The third-order valence-corrected chi connectivity index (χ3v) is 4.27. The maximum absolute atomic E-state index is 12.4. The zero-order valence-corrected chi connectivity index (χ0v) is 12.9. The van der Waals surface area contributed by atoms with Crippen molar-refractivity contribution >= 4 is 11.6 Å². The topological polar surface area (TPSA) is 73.6 Å². The number of nitrogens with two attached hydrogens (primary N) is 1. The Balaban J connectivity index is 2.14. The quantitative estimate of drug-likeness (QED) is 0.818. The molecule has 0 heterocycles. The number of benzene rings is 1. The molecule has 1 aromatic carbocycles. The predicted molar refractivity (Wildman–Crippen MR) is 82.8 cm³/mol. The van der Waals surface area contributed by atoms with Crippen molar-refractivity contribution in [3.63, 3.8) is 0 Å². The van der Waals surface area contributed by atoms with E-state index in [-0.39, 0.29) is 11.9 Å². The van der Waals surface area contributed by atoms with Crippen LogP contribution in [0.1, 0.15) is 43.0 Å². The van der Waals surface area contributed by atoms with E-state index in [1.165, 1.54) is 32.8 Å². The van der Waals surface area contributed by atoms with Gasteiger partial charge in [-0.15, -0.1) is 0 Å². The predicted octanol–water partition coefficient (Wildman–Crippen LogP) is 2.59. The second-order valence-corrected chi connectivity index (χ2v) is 5.60. The van der Waals surface area contributed by atoms with Gasteiger partial charge in [-0.1, -0.05) is 12.8 Å². The van der Waals surface area contributed by atoms with E-state index in [1.54, 1.807) is 19.2 Å². The molecule has 0 spiro atoms. The fourth-order valence-electron chi connectivity index (χ4n) is 2.95. The van der Waals surface area contributed by atoms with Crippen LogP contribution in [0.4, 0.5) is 5.69 Å². The van der Waals surface area contributed by atoms with Crippen LogP contribution < -0.4 is 20.5 Å². The summed E-state index contributed by atoms with van der Waals surface area (Å²) in [5.74, 6) is 1.43. The maximum Gasteiger partial charge on any atom is 0.253 e. The van der Waals surface area contributed by atoms with Crippen molar-refractivity contribution in [2.45, 2.75) is 38.6 Å². The highest BCUT2D eigenvalue weighted by Crippen LogP contribution is 2.32. The number of anilines is 1. The molecule has 0 bridgehead atoms. The number of amides is 1. The van der Waals surface area contributed by atoms with Crippen LogP contribution in [0.15, 0.2) is 12.1 Å². The fourth-order valence-corrected chi connectivity index (χ4v) is 2.95. The molecule has 1 aliphatic rings. The highest BCUT2D eigenvalue weighted by Gasteiger charge is 2.24. The monoisotopic (exact) mass is 292 g/mol. The number of nitrogens with one attached hydrogen (secondary N) is 1. The number of ether oxygens (including phenoxy) is 2. The van der Waals surface area contributed by atoms with E-state index in [2.05, 4.69) is 12.2 Å². The van der Waals surface area contributed by atoms with Gasteiger partial charge in [0.15, 0.2) is 11.5 Å². The fraction of sp³-hybridized carbons (Fsp3) is 0.562. The largest absolute Gasteiger partial charge is 0.493 e. The molecule has 0 radical (unpaired) electrons. The molecule has 2 rings (SSSR count). The molecule has 1 aromatic rings. The summed E-state index contributed by atoms with van der Waals surface area (Å²) in [6, 6.07) is 3.41. The van der Waals surface area contributed by atoms with Crippen molar-refractivity contribution in [1.82, 2.24) is 5.32 Å². The van der Waals surface area contributed by atoms with Gasteiger partial charge in [0.1, 0.15) is 0 Å². The van der Waals surface area contributed by atoms with Crippen LogP contribution in [0, 0.1) is 5.92 Å². The van der Waals surface area contributed by atoms with Crippen LogP contribution >= 0.6 is 0 Å². The molecule has 1 amide bonds. The first-order valence-electron chi connectivity index (χ1n) is 7.39. The average Bonchev–Trinajstić information content (AvgIpc) is 3.00. The lowest BCUT2D eigenvalue weighted by Gasteiger charge is -2.21. The number of hydrogen-bond donors (Lipinski definition) is 2. The lowest BCUT2D eigenvalue weighted by molar-refractivity contribution is 0.0927. The smallest absolute Gasteiger partial charge is 0.253 e. The van der Waals surface area contributed by atoms with Gasteiger partial charge in [0.2, 0.25) is 0 Å². The van der Waals surface area contributed by atoms with E-state index in [0.717, 1.165) is 0 Å². The van der Waals surface area contributed by atoms with Crippen LogP contribution in [0.3, 0.4) is 0 Å². The summed E-state index contributed by atoms with van der Waals surface area (Å²) >= 11 is 0. The Morgan fingerprint density at radius 2 is 1.81 bits per heavy atom. The summed E-state index contributed by atoms with van der Waals surface area (Å²) in [5.41, 5.74) is 6.77. The first kappa shape index (κ1) is 15.5. The highest BCUT2D eigenvalue weighted by molar-refractivity contribution is 6.00. The number of hydrogen-bond acceptors (Lipinski definition) is 4. The standard InChI is InChI=1S/C16H24N2O3/c1-10(11-6-4-5-7-11)18-16(19)12-8-14(20-2)15(21-3)9-13(12)17/h8-11H,4-7,17H2,1-3H3,(H,18,19). The Morgan fingerprint density at radius 1 is 1.24 bits per heavy atom. The highest BCUT2D eigenvalue weighted by atomic mass is 16.5. The van der Waals surface area contributed by atoms with E-state index in [1.807, 2.05) is 0 Å². The second-order valence-electron chi connectivity index (χ2n) is 5.60. The van der Waals surface area contributed by atoms with E-state index in [4.69, 9.17) is 15.2 Å². The molecule has 5 heteroatoms. The molecule has 1 saturated carbocycles. The molecule has 116 valence electrons. The number of rotatable bonds is 5.